The van der Waals surface area contributed by atoms with Gasteiger partial charge >= 0.3 is 0 Å². The van der Waals surface area contributed by atoms with E-state index in [2.05, 4.69) is 31.0 Å². The van der Waals surface area contributed by atoms with Crippen molar-refractivity contribution < 1.29 is 9.53 Å². The molecule has 1 saturated heterocycles. The average molecular weight is 332 g/mol. The van der Waals surface area contributed by atoms with Crippen molar-refractivity contribution in [2.45, 2.75) is 46.3 Å². The molecular formula is C20H32N2O2. The van der Waals surface area contributed by atoms with Crippen molar-refractivity contribution in [1.29, 1.82) is 0 Å². The van der Waals surface area contributed by atoms with E-state index in [9.17, 15) is 4.79 Å². The molecule has 24 heavy (non-hydrogen) atoms. The topological polar surface area (TPSA) is 41.6 Å². The molecule has 1 aliphatic rings. The Bertz CT molecular complexity index is 522. The minimum Gasteiger partial charge on any atom is -0.380 e. The van der Waals surface area contributed by atoms with Crippen LogP contribution in [0.25, 0.3) is 0 Å². The van der Waals surface area contributed by atoms with Crippen LogP contribution in [0.1, 0.15) is 49.5 Å². The fraction of sp³-hybridized carbons (Fsp3) is 0.650. The van der Waals surface area contributed by atoms with Crippen LogP contribution < -0.4 is 5.32 Å². The first-order chi connectivity index (χ1) is 11.5. The lowest BCUT2D eigenvalue weighted by atomic mass is 9.94. The third kappa shape index (κ3) is 5.32. The predicted octanol–water partition coefficient (Wildman–Crippen LogP) is 3.32. The molecule has 2 rings (SSSR count). The van der Waals surface area contributed by atoms with Crippen molar-refractivity contribution in [3.63, 3.8) is 0 Å². The predicted molar refractivity (Wildman–Crippen MR) is 98.1 cm³/mol. The summed E-state index contributed by atoms with van der Waals surface area (Å²) >= 11 is 0. The highest BCUT2D eigenvalue weighted by Crippen LogP contribution is 2.21. The summed E-state index contributed by atoms with van der Waals surface area (Å²) in [5, 5.41) is 3.14. The molecule has 0 aliphatic carbocycles. The highest BCUT2D eigenvalue weighted by molar-refractivity contribution is 5.94. The second-order valence-corrected chi connectivity index (χ2v) is 7.37. The van der Waals surface area contributed by atoms with Gasteiger partial charge in [-0.15, -0.1) is 0 Å². The van der Waals surface area contributed by atoms with Gasteiger partial charge in [-0.05, 0) is 55.5 Å². The lowest BCUT2D eigenvalue weighted by Gasteiger charge is -2.38. The molecule has 1 amide bonds. The van der Waals surface area contributed by atoms with Crippen molar-refractivity contribution in [3.05, 3.63) is 35.4 Å². The second kappa shape index (κ2) is 9.19. The molecule has 0 bridgehead atoms. The van der Waals surface area contributed by atoms with E-state index in [0.29, 0.717) is 30.7 Å². The Morgan fingerprint density at radius 1 is 1.33 bits per heavy atom. The van der Waals surface area contributed by atoms with Crippen molar-refractivity contribution in [2.24, 2.45) is 11.8 Å². The van der Waals surface area contributed by atoms with Crippen LogP contribution in [-0.4, -0.2) is 43.6 Å². The number of carbonyl (C=O) groups is 1. The zero-order valence-electron chi connectivity index (χ0n) is 15.5. The summed E-state index contributed by atoms with van der Waals surface area (Å²) in [5.41, 5.74) is 1.73. The number of nitrogens with one attached hydrogen (secondary N) is 1. The maximum absolute atomic E-state index is 12.5. The molecule has 1 heterocycles. The summed E-state index contributed by atoms with van der Waals surface area (Å²) in [6.45, 7) is 10.3. The monoisotopic (exact) mass is 332 g/mol. The van der Waals surface area contributed by atoms with Crippen molar-refractivity contribution >= 4 is 5.91 Å². The molecular weight excluding hydrogens is 300 g/mol. The smallest absolute Gasteiger partial charge is 0.251 e. The first kappa shape index (κ1) is 18.9. The van der Waals surface area contributed by atoms with Gasteiger partial charge in [0.25, 0.3) is 5.91 Å². The third-order valence-corrected chi connectivity index (χ3v) is 5.03. The van der Waals surface area contributed by atoms with Crippen LogP contribution in [0.15, 0.2) is 24.3 Å². The van der Waals surface area contributed by atoms with Crippen LogP contribution in [0.2, 0.25) is 0 Å². The molecule has 4 nitrogen and oxygen atoms in total. The Balaban J connectivity index is 1.93. The van der Waals surface area contributed by atoms with Gasteiger partial charge in [0.15, 0.2) is 0 Å². The number of piperidine rings is 1. The van der Waals surface area contributed by atoms with Gasteiger partial charge in [-0.3, -0.25) is 9.69 Å². The number of hydrogen-bond donors (Lipinski definition) is 1. The quantitative estimate of drug-likeness (QED) is 0.833. The molecule has 0 radical (unpaired) electrons. The molecule has 0 saturated carbocycles. The van der Waals surface area contributed by atoms with Gasteiger partial charge in [0, 0.05) is 25.3 Å². The molecule has 1 N–H and O–H groups in total. The SMILES string of the molecule is COCc1cccc(C(=O)NC[C@@H](C(C)C)N2CCC(C)CC2)c1. The summed E-state index contributed by atoms with van der Waals surface area (Å²) in [5.74, 6) is 1.36. The standard InChI is InChI=1S/C20H32N2O2/c1-15(2)19(22-10-8-16(3)9-11-22)13-21-20(23)18-7-5-6-17(12-18)14-24-4/h5-7,12,15-16,19H,8-11,13-14H2,1-4H3,(H,21,23)/t19-/m0/s1. The lowest BCUT2D eigenvalue weighted by Crippen LogP contribution is -2.49. The second-order valence-electron chi connectivity index (χ2n) is 7.37. The number of amides is 1. The number of methoxy groups -OCH3 is 1. The minimum atomic E-state index is 0.00369. The van der Waals surface area contributed by atoms with E-state index in [1.54, 1.807) is 7.11 Å². The molecule has 0 spiro atoms. The van der Waals surface area contributed by atoms with Gasteiger partial charge in [-0.1, -0.05) is 32.9 Å². The Morgan fingerprint density at radius 3 is 2.67 bits per heavy atom. The van der Waals surface area contributed by atoms with Crippen LogP contribution in [0.3, 0.4) is 0 Å². The Labute approximate surface area is 146 Å². The van der Waals surface area contributed by atoms with Gasteiger partial charge < -0.3 is 10.1 Å². The normalized spacial score (nSPS) is 17.9. The molecule has 1 atom stereocenters. The van der Waals surface area contributed by atoms with Crippen LogP contribution in [-0.2, 0) is 11.3 Å². The van der Waals surface area contributed by atoms with Gasteiger partial charge in [-0.2, -0.15) is 0 Å². The Hall–Kier alpha value is -1.39. The summed E-state index contributed by atoms with van der Waals surface area (Å²) in [4.78, 5) is 15.0. The number of carbonyl (C=O) groups excluding carboxylic acids is 1. The lowest BCUT2D eigenvalue weighted by molar-refractivity contribution is 0.0862. The van der Waals surface area contributed by atoms with E-state index in [-0.39, 0.29) is 5.91 Å². The Morgan fingerprint density at radius 2 is 2.04 bits per heavy atom. The van der Waals surface area contributed by atoms with E-state index < -0.39 is 0 Å². The maximum Gasteiger partial charge on any atom is 0.251 e. The molecule has 0 aromatic heterocycles. The fourth-order valence-electron chi connectivity index (χ4n) is 3.41. The fourth-order valence-corrected chi connectivity index (χ4v) is 3.41. The molecule has 134 valence electrons. The van der Waals surface area contributed by atoms with Gasteiger partial charge in [0.05, 0.1) is 6.61 Å². The van der Waals surface area contributed by atoms with Crippen LogP contribution in [0, 0.1) is 11.8 Å². The molecule has 0 unspecified atom stereocenters. The zero-order valence-corrected chi connectivity index (χ0v) is 15.5. The number of hydrogen-bond acceptors (Lipinski definition) is 3. The molecule has 1 aromatic carbocycles. The first-order valence-electron chi connectivity index (χ1n) is 9.11. The van der Waals surface area contributed by atoms with E-state index in [0.717, 1.165) is 24.6 Å². The van der Waals surface area contributed by atoms with Crippen LogP contribution in [0.4, 0.5) is 0 Å². The number of likely N-dealkylation sites (tertiary alicyclic amines) is 1. The molecule has 1 aliphatic heterocycles. The number of benzene rings is 1. The van der Waals surface area contributed by atoms with Crippen molar-refractivity contribution in [1.82, 2.24) is 10.2 Å². The van der Waals surface area contributed by atoms with Crippen LogP contribution in [0.5, 0.6) is 0 Å². The van der Waals surface area contributed by atoms with Crippen LogP contribution >= 0.6 is 0 Å². The molecule has 1 aromatic rings. The van der Waals surface area contributed by atoms with Gasteiger partial charge in [0.2, 0.25) is 0 Å². The highest BCUT2D eigenvalue weighted by atomic mass is 16.5. The molecule has 4 heteroatoms. The van der Waals surface area contributed by atoms with Crippen molar-refractivity contribution in [3.8, 4) is 0 Å². The molecule has 1 fully saturated rings. The van der Waals surface area contributed by atoms with Gasteiger partial charge in [-0.25, -0.2) is 0 Å². The van der Waals surface area contributed by atoms with Gasteiger partial charge in [0.1, 0.15) is 0 Å². The van der Waals surface area contributed by atoms with E-state index in [1.807, 2.05) is 24.3 Å². The summed E-state index contributed by atoms with van der Waals surface area (Å²) in [6, 6.07) is 8.07. The largest absolute Gasteiger partial charge is 0.380 e. The number of ether oxygens (including phenoxy) is 1. The number of rotatable bonds is 7. The first-order valence-corrected chi connectivity index (χ1v) is 9.11. The third-order valence-electron chi connectivity index (χ3n) is 5.03. The maximum atomic E-state index is 12.5. The summed E-state index contributed by atoms with van der Waals surface area (Å²) in [6.07, 6.45) is 2.52. The number of nitrogens with zero attached hydrogens (tertiary/aromatic N) is 1. The zero-order chi connectivity index (χ0) is 17.5. The highest BCUT2D eigenvalue weighted by Gasteiger charge is 2.26. The summed E-state index contributed by atoms with van der Waals surface area (Å²) < 4.78 is 5.14. The van der Waals surface area contributed by atoms with E-state index in [1.165, 1.54) is 12.8 Å². The Kier molecular flexibility index (Phi) is 7.25. The minimum absolute atomic E-state index is 0.00369. The van der Waals surface area contributed by atoms with E-state index in [4.69, 9.17) is 4.74 Å². The van der Waals surface area contributed by atoms with Crippen molar-refractivity contribution in [2.75, 3.05) is 26.7 Å². The summed E-state index contributed by atoms with van der Waals surface area (Å²) in [7, 11) is 1.67. The van der Waals surface area contributed by atoms with E-state index >= 15 is 0 Å². The average Bonchev–Trinajstić information content (AvgIpc) is 2.57.